The summed E-state index contributed by atoms with van der Waals surface area (Å²) in [5, 5.41) is 0.102. The van der Waals surface area contributed by atoms with Crippen molar-refractivity contribution in [2.24, 2.45) is 0 Å². The fourth-order valence-corrected chi connectivity index (χ4v) is 1.88. The molecule has 0 spiro atoms. The van der Waals surface area contributed by atoms with Crippen molar-refractivity contribution in [1.82, 2.24) is 14.5 Å². The molecule has 0 saturated heterocycles. The lowest BCUT2D eigenvalue weighted by Crippen LogP contribution is -2.34. The van der Waals surface area contributed by atoms with Crippen LogP contribution in [0.3, 0.4) is 0 Å². The molecule has 3 aromatic rings. The van der Waals surface area contributed by atoms with E-state index in [0.717, 1.165) is 10.6 Å². The number of nitrogens with one attached hydrogen (secondary N) is 1. The van der Waals surface area contributed by atoms with Gasteiger partial charge < -0.3 is 4.98 Å². The Morgan fingerprint density at radius 3 is 2.74 bits per heavy atom. The van der Waals surface area contributed by atoms with Crippen molar-refractivity contribution in [2.75, 3.05) is 0 Å². The molecule has 0 fully saturated rings. The molecular formula is C13H8FN3O2. The second-order valence-electron chi connectivity index (χ2n) is 3.95. The van der Waals surface area contributed by atoms with E-state index >= 15 is 0 Å². The molecule has 2 aromatic heterocycles. The SMILES string of the molecule is O=c1[nH]c2ccc(F)cc2c(=O)n1-c1ccccn1. The second kappa shape index (κ2) is 4.16. The summed E-state index contributed by atoms with van der Waals surface area (Å²) in [6.07, 6.45) is 1.47. The third-order valence-electron chi connectivity index (χ3n) is 2.74. The lowest BCUT2D eigenvalue weighted by Gasteiger charge is -2.05. The minimum absolute atomic E-state index is 0.102. The Kier molecular flexibility index (Phi) is 2.49. The highest BCUT2D eigenvalue weighted by Crippen LogP contribution is 2.08. The van der Waals surface area contributed by atoms with E-state index in [4.69, 9.17) is 0 Å². The minimum Gasteiger partial charge on any atom is -0.306 e. The van der Waals surface area contributed by atoms with Crippen molar-refractivity contribution in [3.05, 3.63) is 69.3 Å². The number of hydrogen-bond donors (Lipinski definition) is 1. The van der Waals surface area contributed by atoms with Gasteiger partial charge in [-0.2, -0.15) is 0 Å². The molecule has 0 amide bonds. The van der Waals surface area contributed by atoms with Gasteiger partial charge in [0.05, 0.1) is 10.9 Å². The number of benzene rings is 1. The molecule has 0 aliphatic heterocycles. The van der Waals surface area contributed by atoms with Gasteiger partial charge in [-0.1, -0.05) is 6.07 Å². The second-order valence-corrected chi connectivity index (χ2v) is 3.95. The summed E-state index contributed by atoms with van der Waals surface area (Å²) in [6, 6.07) is 8.49. The third kappa shape index (κ3) is 1.83. The van der Waals surface area contributed by atoms with E-state index < -0.39 is 17.1 Å². The molecule has 1 aromatic carbocycles. The number of aromatic amines is 1. The fraction of sp³-hybridized carbons (Fsp3) is 0. The van der Waals surface area contributed by atoms with E-state index in [-0.39, 0.29) is 11.2 Å². The van der Waals surface area contributed by atoms with Gasteiger partial charge in [-0.15, -0.1) is 0 Å². The summed E-state index contributed by atoms with van der Waals surface area (Å²) >= 11 is 0. The Labute approximate surface area is 106 Å². The first-order valence-electron chi connectivity index (χ1n) is 5.53. The highest BCUT2D eigenvalue weighted by molar-refractivity contribution is 5.77. The van der Waals surface area contributed by atoms with Crippen LogP contribution in [-0.2, 0) is 0 Å². The van der Waals surface area contributed by atoms with Gasteiger partial charge in [0, 0.05) is 6.20 Å². The first-order valence-corrected chi connectivity index (χ1v) is 5.53. The molecule has 0 bridgehead atoms. The van der Waals surface area contributed by atoms with Crippen LogP contribution in [0.5, 0.6) is 0 Å². The predicted molar refractivity (Wildman–Crippen MR) is 67.9 cm³/mol. The van der Waals surface area contributed by atoms with Crippen LogP contribution in [0, 0.1) is 5.82 Å². The average Bonchev–Trinajstić information content (AvgIpc) is 2.41. The number of rotatable bonds is 1. The summed E-state index contributed by atoms with van der Waals surface area (Å²) in [6.45, 7) is 0. The summed E-state index contributed by atoms with van der Waals surface area (Å²) in [4.78, 5) is 30.6. The van der Waals surface area contributed by atoms with Crippen LogP contribution in [0.15, 0.2) is 52.2 Å². The fourth-order valence-electron chi connectivity index (χ4n) is 1.88. The highest BCUT2D eigenvalue weighted by atomic mass is 19.1. The number of pyridine rings is 1. The van der Waals surface area contributed by atoms with Gasteiger partial charge in [0.15, 0.2) is 0 Å². The van der Waals surface area contributed by atoms with Crippen LogP contribution in [0.2, 0.25) is 0 Å². The normalized spacial score (nSPS) is 10.8. The van der Waals surface area contributed by atoms with Gasteiger partial charge >= 0.3 is 5.69 Å². The van der Waals surface area contributed by atoms with Gasteiger partial charge in [0.2, 0.25) is 0 Å². The van der Waals surface area contributed by atoms with E-state index in [1.54, 1.807) is 12.1 Å². The lowest BCUT2D eigenvalue weighted by atomic mass is 10.2. The zero-order valence-corrected chi connectivity index (χ0v) is 9.63. The Bertz CT molecular complexity index is 868. The molecule has 0 radical (unpaired) electrons. The molecule has 0 aliphatic rings. The monoisotopic (exact) mass is 257 g/mol. The van der Waals surface area contributed by atoms with Crippen molar-refractivity contribution in [3.63, 3.8) is 0 Å². The number of hydrogen-bond acceptors (Lipinski definition) is 3. The molecule has 19 heavy (non-hydrogen) atoms. The largest absolute Gasteiger partial charge is 0.334 e. The maximum atomic E-state index is 13.2. The standard InChI is InChI=1S/C13H8FN3O2/c14-8-4-5-10-9(7-8)12(18)17(13(19)16-10)11-3-1-2-6-15-11/h1-7H,(H,16,19). The number of fused-ring (bicyclic) bond motifs is 1. The van der Waals surface area contributed by atoms with E-state index in [2.05, 4.69) is 9.97 Å². The van der Waals surface area contributed by atoms with Crippen LogP contribution in [0.25, 0.3) is 16.7 Å². The zero-order chi connectivity index (χ0) is 13.4. The molecule has 1 N–H and O–H groups in total. The minimum atomic E-state index is -0.609. The molecule has 3 rings (SSSR count). The zero-order valence-electron chi connectivity index (χ0n) is 9.63. The first-order chi connectivity index (χ1) is 9.16. The molecule has 0 aliphatic carbocycles. The molecule has 2 heterocycles. The molecule has 0 atom stereocenters. The Balaban J connectivity index is 2.44. The number of halogens is 1. The molecule has 94 valence electrons. The predicted octanol–water partition coefficient (Wildman–Crippen LogP) is 1.21. The van der Waals surface area contributed by atoms with Crippen molar-refractivity contribution >= 4 is 10.9 Å². The number of H-pyrrole nitrogens is 1. The van der Waals surface area contributed by atoms with Crippen molar-refractivity contribution in [3.8, 4) is 5.82 Å². The molecule has 5 nitrogen and oxygen atoms in total. The van der Waals surface area contributed by atoms with E-state index in [9.17, 15) is 14.0 Å². The van der Waals surface area contributed by atoms with Gasteiger partial charge in [0.1, 0.15) is 11.6 Å². The quantitative estimate of drug-likeness (QED) is 0.712. The van der Waals surface area contributed by atoms with Crippen LogP contribution in [0.4, 0.5) is 4.39 Å². The van der Waals surface area contributed by atoms with Gasteiger partial charge in [-0.3, -0.25) is 4.79 Å². The Morgan fingerprint density at radius 2 is 2.00 bits per heavy atom. The van der Waals surface area contributed by atoms with E-state index in [1.807, 2.05) is 0 Å². The lowest BCUT2D eigenvalue weighted by molar-refractivity contribution is 0.629. The topological polar surface area (TPSA) is 67.8 Å². The molecule has 0 unspecified atom stereocenters. The molecule has 6 heteroatoms. The van der Waals surface area contributed by atoms with E-state index in [1.165, 1.54) is 24.4 Å². The maximum Gasteiger partial charge on any atom is 0.334 e. The van der Waals surface area contributed by atoms with Crippen molar-refractivity contribution in [1.29, 1.82) is 0 Å². The Morgan fingerprint density at radius 1 is 1.16 bits per heavy atom. The van der Waals surface area contributed by atoms with Crippen molar-refractivity contribution in [2.45, 2.75) is 0 Å². The summed E-state index contributed by atoms with van der Waals surface area (Å²) in [7, 11) is 0. The summed E-state index contributed by atoms with van der Waals surface area (Å²) in [5.74, 6) is -0.343. The smallest absolute Gasteiger partial charge is 0.306 e. The summed E-state index contributed by atoms with van der Waals surface area (Å²) in [5.41, 5.74) is -0.914. The maximum absolute atomic E-state index is 13.2. The molecule has 0 saturated carbocycles. The molecular weight excluding hydrogens is 249 g/mol. The van der Waals surface area contributed by atoms with Crippen molar-refractivity contribution < 1.29 is 4.39 Å². The summed E-state index contributed by atoms with van der Waals surface area (Å²) < 4.78 is 14.1. The van der Waals surface area contributed by atoms with Gasteiger partial charge in [-0.05, 0) is 30.3 Å². The van der Waals surface area contributed by atoms with Crippen LogP contribution >= 0.6 is 0 Å². The van der Waals surface area contributed by atoms with E-state index in [0.29, 0.717) is 5.52 Å². The van der Waals surface area contributed by atoms with Crippen LogP contribution in [0.1, 0.15) is 0 Å². The number of nitrogens with zero attached hydrogens (tertiary/aromatic N) is 2. The van der Waals surface area contributed by atoms with Crippen LogP contribution in [-0.4, -0.2) is 14.5 Å². The van der Waals surface area contributed by atoms with Gasteiger partial charge in [0.25, 0.3) is 5.56 Å². The highest BCUT2D eigenvalue weighted by Gasteiger charge is 2.10. The first kappa shape index (κ1) is 11.3. The average molecular weight is 257 g/mol. The third-order valence-corrected chi connectivity index (χ3v) is 2.74. The Hall–Kier alpha value is -2.76. The van der Waals surface area contributed by atoms with Gasteiger partial charge in [-0.25, -0.2) is 18.7 Å². The number of aromatic nitrogens is 3. The van der Waals surface area contributed by atoms with Crippen LogP contribution < -0.4 is 11.2 Å².